The van der Waals surface area contributed by atoms with Crippen molar-refractivity contribution in [2.24, 2.45) is 0 Å². The highest BCUT2D eigenvalue weighted by molar-refractivity contribution is 9.10. The number of carbonyl (C=O) groups is 1. The second-order valence-electron chi connectivity index (χ2n) is 7.95. The van der Waals surface area contributed by atoms with Gasteiger partial charge in [0.2, 0.25) is 0 Å². The van der Waals surface area contributed by atoms with Crippen molar-refractivity contribution >= 4 is 40.3 Å². The molecular formula is C17H25BBrNO4. The van der Waals surface area contributed by atoms with Gasteiger partial charge in [-0.2, -0.15) is 0 Å². The summed E-state index contributed by atoms with van der Waals surface area (Å²) in [5, 5.41) is 2.78. The maximum atomic E-state index is 12.1. The van der Waals surface area contributed by atoms with Crippen molar-refractivity contribution in [2.45, 2.75) is 65.3 Å². The summed E-state index contributed by atoms with van der Waals surface area (Å²) in [7, 11) is -0.572. The Kier molecular flexibility index (Phi) is 5.10. The number of carbonyl (C=O) groups excluding carboxylic acids is 1. The maximum Gasteiger partial charge on any atom is 0.497 e. The van der Waals surface area contributed by atoms with Gasteiger partial charge in [-0.15, -0.1) is 0 Å². The summed E-state index contributed by atoms with van der Waals surface area (Å²) in [6, 6.07) is 5.53. The van der Waals surface area contributed by atoms with E-state index in [-0.39, 0.29) is 0 Å². The van der Waals surface area contributed by atoms with Crippen LogP contribution in [0.3, 0.4) is 0 Å². The second-order valence-corrected chi connectivity index (χ2v) is 8.86. The molecule has 0 aromatic heterocycles. The molecule has 7 heteroatoms. The molecule has 1 saturated heterocycles. The number of anilines is 1. The average Bonchev–Trinajstić information content (AvgIpc) is 2.58. The largest absolute Gasteiger partial charge is 0.497 e. The molecule has 1 aliphatic heterocycles. The van der Waals surface area contributed by atoms with Gasteiger partial charge in [-0.05, 0) is 66.7 Å². The van der Waals surface area contributed by atoms with Crippen LogP contribution in [-0.2, 0) is 14.0 Å². The first-order chi connectivity index (χ1) is 10.8. The normalized spacial score (nSPS) is 19.2. The SMILES string of the molecule is CC(C)(C)OC(=O)Nc1ccc(Br)cc1B1OC(C)(C)C(C)(C)O1. The number of benzene rings is 1. The van der Waals surface area contributed by atoms with Gasteiger partial charge >= 0.3 is 13.2 Å². The number of hydrogen-bond donors (Lipinski definition) is 1. The summed E-state index contributed by atoms with van der Waals surface area (Å²) >= 11 is 3.46. The molecule has 1 aromatic rings. The van der Waals surface area contributed by atoms with E-state index in [1.54, 1.807) is 6.07 Å². The Labute approximate surface area is 152 Å². The van der Waals surface area contributed by atoms with E-state index in [2.05, 4.69) is 21.2 Å². The number of hydrogen-bond acceptors (Lipinski definition) is 4. The van der Waals surface area contributed by atoms with Crippen LogP contribution in [0.2, 0.25) is 0 Å². The molecule has 0 bridgehead atoms. The molecule has 1 aromatic carbocycles. The number of amides is 1. The molecule has 0 atom stereocenters. The van der Waals surface area contributed by atoms with E-state index in [0.29, 0.717) is 5.69 Å². The summed E-state index contributed by atoms with van der Waals surface area (Å²) in [4.78, 5) is 12.1. The third-order valence-corrected chi connectivity index (χ3v) is 4.65. The first kappa shape index (κ1) is 19.3. The molecular weight excluding hydrogens is 373 g/mol. The monoisotopic (exact) mass is 397 g/mol. The second kappa shape index (κ2) is 6.35. The molecule has 24 heavy (non-hydrogen) atoms. The molecule has 132 valence electrons. The Hall–Kier alpha value is -1.05. The molecule has 0 spiro atoms. The summed E-state index contributed by atoms with van der Waals surface area (Å²) in [5.41, 5.74) is -0.129. The van der Waals surface area contributed by atoms with Crippen LogP contribution in [0.5, 0.6) is 0 Å². The van der Waals surface area contributed by atoms with Crippen molar-refractivity contribution in [3.05, 3.63) is 22.7 Å². The van der Waals surface area contributed by atoms with Crippen LogP contribution in [0.4, 0.5) is 10.5 Å². The number of halogens is 1. The molecule has 1 N–H and O–H groups in total. The zero-order chi connectivity index (χ0) is 18.3. The number of rotatable bonds is 2. The van der Waals surface area contributed by atoms with E-state index in [4.69, 9.17) is 14.0 Å². The quantitative estimate of drug-likeness (QED) is 0.763. The Balaban J connectivity index is 2.28. The average molecular weight is 398 g/mol. The van der Waals surface area contributed by atoms with Crippen LogP contribution in [0.15, 0.2) is 22.7 Å². The summed E-state index contributed by atoms with van der Waals surface area (Å²) in [6.07, 6.45) is -0.511. The topological polar surface area (TPSA) is 56.8 Å². The molecule has 0 unspecified atom stereocenters. The zero-order valence-electron chi connectivity index (χ0n) is 15.3. The van der Waals surface area contributed by atoms with Gasteiger partial charge in [-0.25, -0.2) is 4.79 Å². The minimum absolute atomic E-state index is 0.455. The van der Waals surface area contributed by atoms with E-state index in [0.717, 1.165) is 9.94 Å². The number of nitrogens with one attached hydrogen (secondary N) is 1. The first-order valence-electron chi connectivity index (χ1n) is 7.96. The third kappa shape index (κ3) is 4.32. The molecule has 1 aliphatic rings. The first-order valence-corrected chi connectivity index (χ1v) is 8.75. The highest BCUT2D eigenvalue weighted by Crippen LogP contribution is 2.37. The lowest BCUT2D eigenvalue weighted by Crippen LogP contribution is -2.41. The van der Waals surface area contributed by atoms with Crippen molar-refractivity contribution in [3.8, 4) is 0 Å². The van der Waals surface area contributed by atoms with Crippen molar-refractivity contribution in [2.75, 3.05) is 5.32 Å². The van der Waals surface area contributed by atoms with Gasteiger partial charge < -0.3 is 14.0 Å². The lowest BCUT2D eigenvalue weighted by atomic mass is 9.78. The molecule has 1 amide bonds. The van der Waals surface area contributed by atoms with Crippen molar-refractivity contribution in [3.63, 3.8) is 0 Å². The Morgan fingerprint density at radius 3 is 2.21 bits per heavy atom. The summed E-state index contributed by atoms with van der Waals surface area (Å²) in [5.74, 6) is 0. The van der Waals surface area contributed by atoms with Gasteiger partial charge in [0.05, 0.1) is 11.2 Å². The highest BCUT2D eigenvalue weighted by atomic mass is 79.9. The van der Waals surface area contributed by atoms with Crippen LogP contribution < -0.4 is 10.8 Å². The predicted molar refractivity (Wildman–Crippen MR) is 99.7 cm³/mol. The molecule has 2 rings (SSSR count). The van der Waals surface area contributed by atoms with Crippen LogP contribution in [-0.4, -0.2) is 30.0 Å². The van der Waals surface area contributed by atoms with E-state index in [1.807, 2.05) is 60.6 Å². The van der Waals surface area contributed by atoms with Crippen molar-refractivity contribution in [1.29, 1.82) is 0 Å². The zero-order valence-corrected chi connectivity index (χ0v) is 16.9. The van der Waals surface area contributed by atoms with E-state index in [1.165, 1.54) is 0 Å². The fraction of sp³-hybridized carbons (Fsp3) is 0.588. The maximum absolute atomic E-state index is 12.1. The molecule has 0 saturated carbocycles. The lowest BCUT2D eigenvalue weighted by Gasteiger charge is -2.32. The van der Waals surface area contributed by atoms with E-state index >= 15 is 0 Å². The Bertz CT molecular complexity index is 624. The van der Waals surface area contributed by atoms with Crippen molar-refractivity contribution < 1.29 is 18.8 Å². The predicted octanol–water partition coefficient (Wildman–Crippen LogP) is 4.10. The Morgan fingerprint density at radius 1 is 1.17 bits per heavy atom. The summed E-state index contributed by atoms with van der Waals surface area (Å²) in [6.45, 7) is 13.4. The fourth-order valence-electron chi connectivity index (χ4n) is 2.23. The third-order valence-electron chi connectivity index (χ3n) is 4.16. The van der Waals surface area contributed by atoms with Crippen LogP contribution in [0.1, 0.15) is 48.5 Å². The van der Waals surface area contributed by atoms with E-state index in [9.17, 15) is 4.79 Å². The van der Waals surface area contributed by atoms with Gasteiger partial charge in [0.25, 0.3) is 0 Å². The van der Waals surface area contributed by atoms with Crippen molar-refractivity contribution in [1.82, 2.24) is 0 Å². The summed E-state index contributed by atoms with van der Waals surface area (Å²) < 4.78 is 18.4. The molecule has 0 aliphatic carbocycles. The van der Waals surface area contributed by atoms with Gasteiger partial charge in [-0.3, -0.25) is 5.32 Å². The minimum atomic E-state index is -0.572. The molecule has 0 radical (unpaired) electrons. The standard InChI is InChI=1S/C17H25BBrNO4/c1-15(2,3)22-14(21)20-13-9-8-11(19)10-12(13)18-23-16(4,5)17(6,7)24-18/h8-10H,1-7H3,(H,20,21). The highest BCUT2D eigenvalue weighted by Gasteiger charge is 2.52. The smallest absolute Gasteiger partial charge is 0.444 e. The van der Waals surface area contributed by atoms with Gasteiger partial charge in [0.15, 0.2) is 0 Å². The van der Waals surface area contributed by atoms with Crippen LogP contribution in [0, 0.1) is 0 Å². The van der Waals surface area contributed by atoms with E-state index < -0.39 is 30.0 Å². The fourth-order valence-corrected chi connectivity index (χ4v) is 2.60. The molecule has 1 heterocycles. The van der Waals surface area contributed by atoms with Gasteiger partial charge in [-0.1, -0.05) is 15.9 Å². The Morgan fingerprint density at radius 2 is 1.71 bits per heavy atom. The van der Waals surface area contributed by atoms with Crippen LogP contribution >= 0.6 is 15.9 Å². The minimum Gasteiger partial charge on any atom is -0.444 e. The number of ether oxygens (including phenoxy) is 1. The molecule has 5 nitrogen and oxygen atoms in total. The van der Waals surface area contributed by atoms with Gasteiger partial charge in [0.1, 0.15) is 5.60 Å². The van der Waals surface area contributed by atoms with Gasteiger partial charge in [0, 0.05) is 15.6 Å². The lowest BCUT2D eigenvalue weighted by molar-refractivity contribution is 0.00578. The van der Waals surface area contributed by atoms with Crippen LogP contribution in [0.25, 0.3) is 0 Å². The molecule has 1 fully saturated rings.